The molecule has 10 heteroatoms. The summed E-state index contributed by atoms with van der Waals surface area (Å²) in [4.78, 5) is 21.3. The molecular weight excluding hydrogens is 432 g/mol. The number of benzene rings is 1. The molecule has 0 aliphatic carbocycles. The van der Waals surface area contributed by atoms with Crippen molar-refractivity contribution >= 4 is 21.7 Å². The van der Waals surface area contributed by atoms with Crippen molar-refractivity contribution in [1.82, 2.24) is 14.2 Å². The van der Waals surface area contributed by atoms with Crippen LogP contribution >= 0.6 is 0 Å². The summed E-state index contributed by atoms with van der Waals surface area (Å²) in [6.07, 6.45) is 1.41. The molecule has 0 saturated carbocycles. The maximum absolute atomic E-state index is 12.9. The van der Waals surface area contributed by atoms with E-state index in [2.05, 4.69) is 9.88 Å². The molecule has 1 aromatic carbocycles. The number of carbonyl (C=O) groups is 1. The average molecular weight is 461 g/mol. The van der Waals surface area contributed by atoms with Gasteiger partial charge in [-0.1, -0.05) is 6.07 Å². The molecule has 2 fully saturated rings. The summed E-state index contributed by atoms with van der Waals surface area (Å²) < 4.78 is 37.5. The molecule has 0 spiro atoms. The highest BCUT2D eigenvalue weighted by atomic mass is 32.2. The number of aromatic nitrogens is 1. The second-order valence-electron chi connectivity index (χ2n) is 7.83. The first-order chi connectivity index (χ1) is 15.4. The van der Waals surface area contributed by atoms with E-state index in [1.54, 1.807) is 25.3 Å². The molecule has 1 amide bonds. The maximum atomic E-state index is 12.9. The minimum atomic E-state index is -3.56. The molecule has 2 saturated heterocycles. The molecule has 0 atom stereocenters. The van der Waals surface area contributed by atoms with Crippen LogP contribution in [0.15, 0.2) is 41.4 Å². The summed E-state index contributed by atoms with van der Waals surface area (Å²) in [6.45, 7) is 5.83. The summed E-state index contributed by atoms with van der Waals surface area (Å²) in [5, 5.41) is 0. The van der Waals surface area contributed by atoms with Crippen LogP contribution in [0.2, 0.25) is 0 Å². The molecule has 1 aromatic heterocycles. The standard InChI is InChI=1S/C22H28N4O5S/c1-17-3-4-18(15-20(17)30-2)22(27)25-9-7-24(8-10-25)21-6-5-19(16-23-21)32(28,29)26-11-13-31-14-12-26/h3-6,15-16H,7-14H2,1-2H3. The Kier molecular flexibility index (Phi) is 6.63. The van der Waals surface area contributed by atoms with Crippen LogP contribution in [-0.2, 0) is 14.8 Å². The average Bonchev–Trinajstić information content (AvgIpc) is 2.84. The number of anilines is 1. The molecule has 2 aromatic rings. The van der Waals surface area contributed by atoms with Gasteiger partial charge in [0.15, 0.2) is 0 Å². The largest absolute Gasteiger partial charge is 0.496 e. The van der Waals surface area contributed by atoms with Crippen molar-refractivity contribution in [2.24, 2.45) is 0 Å². The number of hydrogen-bond acceptors (Lipinski definition) is 7. The van der Waals surface area contributed by atoms with Gasteiger partial charge in [0.25, 0.3) is 5.91 Å². The Morgan fingerprint density at radius 3 is 2.38 bits per heavy atom. The molecule has 0 unspecified atom stereocenters. The smallest absolute Gasteiger partial charge is 0.254 e. The fourth-order valence-electron chi connectivity index (χ4n) is 3.92. The van der Waals surface area contributed by atoms with Crippen LogP contribution in [0.1, 0.15) is 15.9 Å². The molecule has 4 rings (SSSR count). The number of morpholine rings is 1. The highest BCUT2D eigenvalue weighted by Gasteiger charge is 2.28. The normalized spacial score (nSPS) is 17.9. The van der Waals surface area contributed by atoms with Gasteiger partial charge in [0.1, 0.15) is 16.5 Å². The molecule has 0 bridgehead atoms. The molecule has 2 aliphatic rings. The molecule has 32 heavy (non-hydrogen) atoms. The van der Waals surface area contributed by atoms with E-state index < -0.39 is 10.0 Å². The summed E-state index contributed by atoms with van der Waals surface area (Å²) in [7, 11) is -1.96. The number of rotatable bonds is 5. The number of sulfonamides is 1. The monoisotopic (exact) mass is 460 g/mol. The number of hydrogen-bond donors (Lipinski definition) is 0. The Morgan fingerprint density at radius 2 is 1.75 bits per heavy atom. The zero-order chi connectivity index (χ0) is 22.7. The lowest BCUT2D eigenvalue weighted by Gasteiger charge is -2.35. The van der Waals surface area contributed by atoms with Gasteiger partial charge in [-0.25, -0.2) is 13.4 Å². The first-order valence-electron chi connectivity index (χ1n) is 10.6. The molecule has 2 aliphatic heterocycles. The van der Waals surface area contributed by atoms with Crippen LogP contribution in [0.25, 0.3) is 0 Å². The van der Waals surface area contributed by atoms with Crippen molar-refractivity contribution in [3.05, 3.63) is 47.7 Å². The first kappa shape index (κ1) is 22.5. The lowest BCUT2D eigenvalue weighted by Crippen LogP contribution is -2.49. The van der Waals surface area contributed by atoms with E-state index in [1.807, 2.05) is 24.0 Å². The highest BCUT2D eigenvalue weighted by Crippen LogP contribution is 2.22. The van der Waals surface area contributed by atoms with Gasteiger partial charge in [0.05, 0.1) is 20.3 Å². The van der Waals surface area contributed by atoms with Crippen molar-refractivity contribution in [3.8, 4) is 5.75 Å². The number of amides is 1. The molecule has 172 valence electrons. The summed E-state index contributed by atoms with van der Waals surface area (Å²) in [5.74, 6) is 1.38. The second kappa shape index (κ2) is 9.43. The quantitative estimate of drug-likeness (QED) is 0.666. The zero-order valence-electron chi connectivity index (χ0n) is 18.4. The maximum Gasteiger partial charge on any atom is 0.254 e. The molecule has 0 N–H and O–H groups in total. The molecule has 0 radical (unpaired) electrons. The van der Waals surface area contributed by atoms with Gasteiger partial charge in [-0.05, 0) is 36.8 Å². The van der Waals surface area contributed by atoms with Gasteiger partial charge < -0.3 is 19.3 Å². The fourth-order valence-corrected chi connectivity index (χ4v) is 5.28. The SMILES string of the molecule is COc1cc(C(=O)N2CCN(c3ccc(S(=O)(=O)N4CCOCC4)cn3)CC2)ccc1C. The number of ether oxygens (including phenoxy) is 2. The van der Waals surface area contributed by atoms with E-state index in [0.29, 0.717) is 69.6 Å². The van der Waals surface area contributed by atoms with Gasteiger partial charge in [0.2, 0.25) is 10.0 Å². The van der Waals surface area contributed by atoms with E-state index in [9.17, 15) is 13.2 Å². The number of methoxy groups -OCH3 is 1. The highest BCUT2D eigenvalue weighted by molar-refractivity contribution is 7.89. The molecule has 9 nitrogen and oxygen atoms in total. The van der Waals surface area contributed by atoms with Crippen LogP contribution in [0.5, 0.6) is 5.75 Å². The van der Waals surface area contributed by atoms with Crippen molar-refractivity contribution in [1.29, 1.82) is 0 Å². The Balaban J connectivity index is 1.38. The van der Waals surface area contributed by atoms with Gasteiger partial charge in [-0.15, -0.1) is 0 Å². The minimum Gasteiger partial charge on any atom is -0.496 e. The minimum absolute atomic E-state index is 0.0251. The predicted molar refractivity (Wildman–Crippen MR) is 120 cm³/mol. The Morgan fingerprint density at radius 1 is 1.03 bits per heavy atom. The summed E-state index contributed by atoms with van der Waals surface area (Å²) >= 11 is 0. The third-order valence-electron chi connectivity index (χ3n) is 5.87. The second-order valence-corrected chi connectivity index (χ2v) is 9.77. The number of carbonyl (C=O) groups excluding carboxylic acids is 1. The molecule has 3 heterocycles. The topological polar surface area (TPSA) is 92.3 Å². The lowest BCUT2D eigenvalue weighted by molar-refractivity contribution is 0.0730. The molecular formula is C22H28N4O5S. The van der Waals surface area contributed by atoms with Gasteiger partial charge in [0, 0.05) is 51.0 Å². The van der Waals surface area contributed by atoms with Crippen LogP contribution in [0.4, 0.5) is 5.82 Å². The van der Waals surface area contributed by atoms with Gasteiger partial charge >= 0.3 is 0 Å². The van der Waals surface area contributed by atoms with Crippen molar-refractivity contribution < 1.29 is 22.7 Å². The van der Waals surface area contributed by atoms with E-state index >= 15 is 0 Å². The first-order valence-corrected chi connectivity index (χ1v) is 12.1. The third-order valence-corrected chi connectivity index (χ3v) is 7.76. The van der Waals surface area contributed by atoms with E-state index in [-0.39, 0.29) is 10.8 Å². The number of piperazine rings is 1. The number of nitrogens with zero attached hydrogens (tertiary/aromatic N) is 4. The van der Waals surface area contributed by atoms with Crippen LogP contribution in [0.3, 0.4) is 0 Å². The van der Waals surface area contributed by atoms with Gasteiger partial charge in [-0.2, -0.15) is 4.31 Å². The third kappa shape index (κ3) is 4.57. The fraction of sp³-hybridized carbons (Fsp3) is 0.455. The lowest BCUT2D eigenvalue weighted by atomic mass is 10.1. The summed E-state index contributed by atoms with van der Waals surface area (Å²) in [5.41, 5.74) is 1.59. The van der Waals surface area contributed by atoms with Crippen LogP contribution in [0, 0.1) is 6.92 Å². The van der Waals surface area contributed by atoms with Crippen molar-refractivity contribution in [3.63, 3.8) is 0 Å². The van der Waals surface area contributed by atoms with Gasteiger partial charge in [-0.3, -0.25) is 4.79 Å². The zero-order valence-corrected chi connectivity index (χ0v) is 19.2. The van der Waals surface area contributed by atoms with E-state index in [0.717, 1.165) is 5.56 Å². The van der Waals surface area contributed by atoms with Crippen LogP contribution in [-0.4, -0.2) is 88.1 Å². The van der Waals surface area contributed by atoms with E-state index in [1.165, 1.54) is 10.5 Å². The van der Waals surface area contributed by atoms with E-state index in [4.69, 9.17) is 9.47 Å². The Bertz CT molecular complexity index is 1060. The number of pyridine rings is 1. The van der Waals surface area contributed by atoms with Crippen LogP contribution < -0.4 is 9.64 Å². The predicted octanol–water partition coefficient (Wildman–Crippen LogP) is 1.38. The number of aryl methyl sites for hydroxylation is 1. The Labute approximate surface area is 188 Å². The summed E-state index contributed by atoms with van der Waals surface area (Å²) in [6, 6.07) is 8.82. The Hall–Kier alpha value is -2.69. The van der Waals surface area contributed by atoms with Crippen molar-refractivity contribution in [2.75, 3.05) is 64.5 Å². The van der Waals surface area contributed by atoms with Crippen molar-refractivity contribution in [2.45, 2.75) is 11.8 Å².